The number of benzene rings is 1. The first kappa shape index (κ1) is 13.6. The summed E-state index contributed by atoms with van der Waals surface area (Å²) < 4.78 is 2.58. The van der Waals surface area contributed by atoms with Gasteiger partial charge in [-0.3, -0.25) is 4.98 Å². The van der Waals surface area contributed by atoms with E-state index in [4.69, 9.17) is 23.2 Å². The maximum Gasteiger partial charge on any atom is 0.110 e. The molecule has 0 aliphatic heterocycles. The number of pyridine rings is 1. The topological polar surface area (TPSA) is 30.7 Å². The van der Waals surface area contributed by atoms with E-state index in [1.165, 1.54) is 0 Å². The number of nitrogens with zero attached hydrogens (tertiary/aromatic N) is 3. The molecule has 3 aromatic rings. The summed E-state index contributed by atoms with van der Waals surface area (Å²) in [6.45, 7) is 0. The number of rotatable bonds is 2. The summed E-state index contributed by atoms with van der Waals surface area (Å²) in [7, 11) is 0. The Labute approximate surface area is 134 Å². The van der Waals surface area contributed by atoms with Gasteiger partial charge in [0.25, 0.3) is 0 Å². The molecule has 3 rings (SSSR count). The monoisotopic (exact) mass is 367 g/mol. The van der Waals surface area contributed by atoms with E-state index >= 15 is 0 Å². The number of halogens is 3. The standard InChI is InChI=1S/C14H8BrCl2N3/c15-14-7-13(9-2-1-5-18-8-9)19-20(14)10-3-4-11(16)12(17)6-10/h1-8H. The molecule has 2 heterocycles. The van der Waals surface area contributed by atoms with E-state index in [1.54, 1.807) is 29.2 Å². The van der Waals surface area contributed by atoms with E-state index in [0.29, 0.717) is 10.0 Å². The first-order chi connectivity index (χ1) is 9.65. The maximum atomic E-state index is 6.04. The molecule has 0 aliphatic carbocycles. The van der Waals surface area contributed by atoms with Crippen LogP contribution in [-0.2, 0) is 0 Å². The molecule has 1 aromatic carbocycles. The van der Waals surface area contributed by atoms with Crippen molar-refractivity contribution in [3.63, 3.8) is 0 Å². The minimum absolute atomic E-state index is 0.495. The average Bonchev–Trinajstić information content (AvgIpc) is 2.85. The largest absolute Gasteiger partial charge is 0.264 e. The summed E-state index contributed by atoms with van der Waals surface area (Å²) in [5.74, 6) is 0. The molecule has 3 nitrogen and oxygen atoms in total. The molecule has 0 bridgehead atoms. The van der Waals surface area contributed by atoms with Crippen molar-refractivity contribution in [2.75, 3.05) is 0 Å². The van der Waals surface area contributed by atoms with Gasteiger partial charge in [0.1, 0.15) is 4.60 Å². The van der Waals surface area contributed by atoms with Crippen LogP contribution in [0.1, 0.15) is 0 Å². The molecule has 0 saturated carbocycles. The molecular weight excluding hydrogens is 361 g/mol. The Morgan fingerprint density at radius 1 is 1.05 bits per heavy atom. The fraction of sp³-hybridized carbons (Fsp3) is 0. The van der Waals surface area contributed by atoms with Crippen molar-refractivity contribution < 1.29 is 0 Å². The molecule has 0 amide bonds. The van der Waals surface area contributed by atoms with Crippen molar-refractivity contribution in [3.05, 3.63) is 63.4 Å². The Morgan fingerprint density at radius 3 is 2.60 bits per heavy atom. The van der Waals surface area contributed by atoms with Crippen LogP contribution in [0.2, 0.25) is 10.0 Å². The Balaban J connectivity index is 2.07. The van der Waals surface area contributed by atoms with Gasteiger partial charge in [0, 0.05) is 18.0 Å². The Kier molecular flexibility index (Phi) is 3.78. The summed E-state index contributed by atoms with van der Waals surface area (Å²) in [5, 5.41) is 5.56. The summed E-state index contributed by atoms with van der Waals surface area (Å²) in [6, 6.07) is 11.1. The zero-order chi connectivity index (χ0) is 14.1. The van der Waals surface area contributed by atoms with Crippen LogP contribution < -0.4 is 0 Å². The van der Waals surface area contributed by atoms with E-state index in [0.717, 1.165) is 21.5 Å². The normalized spacial score (nSPS) is 10.8. The molecule has 0 fully saturated rings. The molecule has 2 aromatic heterocycles. The summed E-state index contributed by atoms with van der Waals surface area (Å²) >= 11 is 15.5. The van der Waals surface area contributed by atoms with Gasteiger partial charge in [0.2, 0.25) is 0 Å². The molecule has 0 radical (unpaired) electrons. The van der Waals surface area contributed by atoms with E-state index in [1.807, 2.05) is 24.3 Å². The summed E-state index contributed by atoms with van der Waals surface area (Å²) in [6.07, 6.45) is 3.50. The van der Waals surface area contributed by atoms with E-state index in [-0.39, 0.29) is 0 Å². The SMILES string of the molecule is Clc1ccc(-n2nc(-c3cccnc3)cc2Br)cc1Cl. The lowest BCUT2D eigenvalue weighted by Gasteiger charge is -2.04. The lowest BCUT2D eigenvalue weighted by molar-refractivity contribution is 0.864. The van der Waals surface area contributed by atoms with Crippen LogP contribution in [0.15, 0.2) is 53.4 Å². The van der Waals surface area contributed by atoms with Crippen LogP contribution in [-0.4, -0.2) is 14.8 Å². The fourth-order valence-electron chi connectivity index (χ4n) is 1.81. The quantitative estimate of drug-likeness (QED) is 0.636. The predicted octanol–water partition coefficient (Wildman–Crippen LogP) is 5.00. The van der Waals surface area contributed by atoms with E-state index < -0.39 is 0 Å². The van der Waals surface area contributed by atoms with Gasteiger partial charge in [-0.2, -0.15) is 5.10 Å². The first-order valence-corrected chi connectivity index (χ1v) is 7.31. The highest BCUT2D eigenvalue weighted by atomic mass is 79.9. The molecule has 0 spiro atoms. The Morgan fingerprint density at radius 2 is 1.90 bits per heavy atom. The third-order valence-corrected chi connectivity index (χ3v) is 4.07. The third-order valence-electron chi connectivity index (χ3n) is 2.77. The highest BCUT2D eigenvalue weighted by Gasteiger charge is 2.10. The highest BCUT2D eigenvalue weighted by molar-refractivity contribution is 9.10. The van der Waals surface area contributed by atoms with Gasteiger partial charge in [0.05, 0.1) is 21.4 Å². The second-order valence-corrected chi connectivity index (χ2v) is 5.73. The summed E-state index contributed by atoms with van der Waals surface area (Å²) in [4.78, 5) is 4.10. The molecule has 0 unspecified atom stereocenters. The lowest BCUT2D eigenvalue weighted by atomic mass is 10.2. The van der Waals surface area contributed by atoms with Crippen LogP contribution in [0.4, 0.5) is 0 Å². The van der Waals surface area contributed by atoms with Crippen molar-refractivity contribution in [1.29, 1.82) is 0 Å². The van der Waals surface area contributed by atoms with Gasteiger partial charge < -0.3 is 0 Å². The van der Waals surface area contributed by atoms with Gasteiger partial charge in [-0.1, -0.05) is 23.2 Å². The molecule has 0 aliphatic rings. The predicted molar refractivity (Wildman–Crippen MR) is 84.5 cm³/mol. The molecule has 0 saturated heterocycles. The van der Waals surface area contributed by atoms with Crippen LogP contribution in [0, 0.1) is 0 Å². The van der Waals surface area contributed by atoms with Crippen molar-refractivity contribution >= 4 is 39.1 Å². The van der Waals surface area contributed by atoms with Crippen LogP contribution >= 0.6 is 39.1 Å². The van der Waals surface area contributed by atoms with Gasteiger partial charge in [-0.25, -0.2) is 4.68 Å². The molecular formula is C14H8BrCl2N3. The van der Waals surface area contributed by atoms with Crippen molar-refractivity contribution in [2.45, 2.75) is 0 Å². The zero-order valence-corrected chi connectivity index (χ0v) is 13.2. The maximum absolute atomic E-state index is 6.04. The van der Waals surface area contributed by atoms with Gasteiger partial charge >= 0.3 is 0 Å². The van der Waals surface area contributed by atoms with E-state index in [9.17, 15) is 0 Å². The molecule has 0 N–H and O–H groups in total. The number of aromatic nitrogens is 3. The van der Waals surface area contributed by atoms with Crippen molar-refractivity contribution in [1.82, 2.24) is 14.8 Å². The van der Waals surface area contributed by atoms with Crippen LogP contribution in [0.5, 0.6) is 0 Å². The zero-order valence-electron chi connectivity index (χ0n) is 10.1. The van der Waals surface area contributed by atoms with Gasteiger partial charge in [-0.05, 0) is 52.3 Å². The third kappa shape index (κ3) is 2.59. The molecule has 6 heteroatoms. The molecule has 0 atom stereocenters. The molecule has 20 heavy (non-hydrogen) atoms. The summed E-state index contributed by atoms with van der Waals surface area (Å²) in [5.41, 5.74) is 2.62. The highest BCUT2D eigenvalue weighted by Crippen LogP contribution is 2.28. The van der Waals surface area contributed by atoms with Gasteiger partial charge in [-0.15, -0.1) is 0 Å². The van der Waals surface area contributed by atoms with Crippen LogP contribution in [0.3, 0.4) is 0 Å². The second-order valence-electron chi connectivity index (χ2n) is 4.10. The van der Waals surface area contributed by atoms with E-state index in [2.05, 4.69) is 26.0 Å². The van der Waals surface area contributed by atoms with Crippen LogP contribution in [0.25, 0.3) is 16.9 Å². The Bertz CT molecular complexity index is 756. The van der Waals surface area contributed by atoms with Crippen molar-refractivity contribution in [3.8, 4) is 16.9 Å². The molecule has 100 valence electrons. The second kappa shape index (κ2) is 5.56. The minimum atomic E-state index is 0.495. The fourth-order valence-corrected chi connectivity index (χ4v) is 2.60. The van der Waals surface area contributed by atoms with Crippen molar-refractivity contribution in [2.24, 2.45) is 0 Å². The Hall–Kier alpha value is -1.36. The number of hydrogen-bond acceptors (Lipinski definition) is 2. The smallest absolute Gasteiger partial charge is 0.110 e. The number of hydrogen-bond donors (Lipinski definition) is 0. The minimum Gasteiger partial charge on any atom is -0.264 e. The average molecular weight is 369 g/mol. The lowest BCUT2D eigenvalue weighted by Crippen LogP contribution is -1.97. The van der Waals surface area contributed by atoms with Gasteiger partial charge in [0.15, 0.2) is 0 Å². The first-order valence-electron chi connectivity index (χ1n) is 5.76.